The van der Waals surface area contributed by atoms with Crippen LogP contribution in [0.2, 0.25) is 5.02 Å². The molecule has 1 fully saturated rings. The monoisotopic (exact) mass is 396 g/mol. The first kappa shape index (κ1) is 18.5. The molecule has 5 heteroatoms. The summed E-state index contributed by atoms with van der Waals surface area (Å²) in [5.41, 5.74) is 3.48. The lowest BCUT2D eigenvalue weighted by Gasteiger charge is -2.31. The van der Waals surface area contributed by atoms with Crippen molar-refractivity contribution in [1.82, 2.24) is 10.3 Å². The molecule has 3 aromatic rings. The van der Waals surface area contributed by atoms with E-state index in [2.05, 4.69) is 35.6 Å². The van der Waals surface area contributed by atoms with Gasteiger partial charge in [0.25, 0.3) is 0 Å². The molecule has 1 aliphatic rings. The molecule has 1 aliphatic heterocycles. The predicted octanol–water partition coefficient (Wildman–Crippen LogP) is 5.22. The Morgan fingerprint density at radius 3 is 2.59 bits per heavy atom. The maximum atomic E-state index is 6.10. The number of ether oxygens (including phenoxy) is 1. The Labute approximate surface area is 169 Å². The molecule has 2 atom stereocenters. The normalized spacial score (nSPS) is 18.2. The van der Waals surface area contributed by atoms with Crippen LogP contribution in [0.4, 0.5) is 0 Å². The Balaban J connectivity index is 1.68. The molecule has 1 saturated heterocycles. The molecule has 1 aromatic heterocycles. The number of hydrogen-bond acceptors (Lipinski definition) is 4. The second kappa shape index (κ2) is 8.89. The molecule has 0 amide bonds. The Hall–Kier alpha value is -1.85. The van der Waals surface area contributed by atoms with Gasteiger partial charge < -0.3 is 10.1 Å². The number of morpholine rings is 1. The molecule has 0 bridgehead atoms. The summed E-state index contributed by atoms with van der Waals surface area (Å²) in [4.78, 5) is 4.69. The number of nitrogens with zero attached hydrogens (tertiary/aromatic N) is 1. The van der Waals surface area contributed by atoms with Gasteiger partial charge in [0.2, 0.25) is 0 Å². The molecule has 2 aromatic carbocycles. The van der Waals surface area contributed by atoms with Gasteiger partial charge in [-0.3, -0.25) is 0 Å². The van der Waals surface area contributed by atoms with Gasteiger partial charge in [-0.15, -0.1) is 0 Å². The van der Waals surface area contributed by atoms with E-state index in [9.17, 15) is 0 Å². The zero-order chi connectivity index (χ0) is 18.5. The van der Waals surface area contributed by atoms with Crippen LogP contribution >= 0.6 is 23.4 Å². The number of nitrogens with one attached hydrogen (secondary N) is 1. The van der Waals surface area contributed by atoms with Crippen molar-refractivity contribution in [2.24, 2.45) is 0 Å². The summed E-state index contributed by atoms with van der Waals surface area (Å²) < 4.78 is 6.10. The first-order chi connectivity index (χ1) is 13.3. The summed E-state index contributed by atoms with van der Waals surface area (Å²) in [5.74, 6) is 0. The van der Waals surface area contributed by atoms with Crippen molar-refractivity contribution < 1.29 is 4.74 Å². The fourth-order valence-electron chi connectivity index (χ4n) is 3.24. The van der Waals surface area contributed by atoms with Gasteiger partial charge >= 0.3 is 0 Å². The van der Waals surface area contributed by atoms with Crippen LogP contribution in [0.15, 0.2) is 78.0 Å². The number of halogens is 1. The number of aromatic nitrogens is 1. The third kappa shape index (κ3) is 4.53. The Bertz CT molecular complexity index is 867. The molecule has 1 N–H and O–H groups in total. The molecular formula is C22H21ClN2OS. The molecule has 4 rings (SSSR count). The summed E-state index contributed by atoms with van der Waals surface area (Å²) in [7, 11) is 0. The molecule has 0 aliphatic carbocycles. The van der Waals surface area contributed by atoms with Crippen molar-refractivity contribution >= 4 is 23.4 Å². The average molecular weight is 397 g/mol. The summed E-state index contributed by atoms with van der Waals surface area (Å²) in [6, 6.07) is 22.5. The summed E-state index contributed by atoms with van der Waals surface area (Å²) in [5, 5.41) is 5.36. The molecule has 138 valence electrons. The van der Waals surface area contributed by atoms with Gasteiger partial charge in [-0.2, -0.15) is 0 Å². The summed E-state index contributed by atoms with van der Waals surface area (Å²) in [6.45, 7) is 2.48. The highest BCUT2D eigenvalue weighted by Crippen LogP contribution is 2.42. The van der Waals surface area contributed by atoms with Crippen molar-refractivity contribution in [3.8, 4) is 11.1 Å². The minimum absolute atomic E-state index is 0.103. The first-order valence-electron chi connectivity index (χ1n) is 9.06. The highest BCUT2D eigenvalue weighted by molar-refractivity contribution is 7.99. The Morgan fingerprint density at radius 1 is 1.04 bits per heavy atom. The number of benzene rings is 2. The fraction of sp³-hybridized carbons (Fsp3) is 0.227. The van der Waals surface area contributed by atoms with E-state index >= 15 is 0 Å². The highest BCUT2D eigenvalue weighted by atomic mass is 35.5. The fourth-order valence-corrected chi connectivity index (χ4v) is 4.66. The standard InChI is InChI=1S/C22H21ClN2OS/c23-18-10-8-16(9-11-18)19-7-4-12-25-22(19)27-21(17-5-2-1-3-6-17)20-15-24-13-14-26-20/h1-12,20-21,24H,13-15H2/t20-,21-/m0/s1. The van der Waals surface area contributed by atoms with E-state index in [0.717, 1.165) is 40.9 Å². The second-order valence-electron chi connectivity index (χ2n) is 6.43. The van der Waals surface area contributed by atoms with Crippen LogP contribution in [0.25, 0.3) is 11.1 Å². The zero-order valence-corrected chi connectivity index (χ0v) is 16.4. The van der Waals surface area contributed by atoms with Gasteiger partial charge in [0.05, 0.1) is 18.0 Å². The topological polar surface area (TPSA) is 34.2 Å². The minimum atomic E-state index is 0.103. The number of pyridine rings is 1. The van der Waals surface area contributed by atoms with Gasteiger partial charge in [-0.05, 0) is 29.3 Å². The van der Waals surface area contributed by atoms with Gasteiger partial charge in [0, 0.05) is 29.9 Å². The number of rotatable bonds is 5. The second-order valence-corrected chi connectivity index (χ2v) is 7.99. The van der Waals surface area contributed by atoms with Gasteiger partial charge in [0.15, 0.2) is 0 Å². The lowest BCUT2D eigenvalue weighted by atomic mass is 10.1. The number of thioether (sulfide) groups is 1. The van der Waals surface area contributed by atoms with Crippen molar-refractivity contribution in [3.05, 3.63) is 83.5 Å². The largest absolute Gasteiger partial charge is 0.374 e. The molecule has 27 heavy (non-hydrogen) atoms. The van der Waals surface area contributed by atoms with Crippen molar-refractivity contribution in [2.45, 2.75) is 16.4 Å². The molecule has 0 radical (unpaired) electrons. The van der Waals surface area contributed by atoms with E-state index in [1.807, 2.05) is 42.6 Å². The zero-order valence-electron chi connectivity index (χ0n) is 14.8. The molecule has 3 nitrogen and oxygen atoms in total. The molecular weight excluding hydrogens is 376 g/mol. The lowest BCUT2D eigenvalue weighted by Crippen LogP contribution is -2.41. The van der Waals surface area contributed by atoms with Crippen molar-refractivity contribution in [1.29, 1.82) is 0 Å². The van der Waals surface area contributed by atoms with Crippen LogP contribution in [0, 0.1) is 0 Å². The van der Waals surface area contributed by atoms with E-state index in [0.29, 0.717) is 0 Å². The van der Waals surface area contributed by atoms with E-state index in [1.165, 1.54) is 5.56 Å². The SMILES string of the molecule is Clc1ccc(-c2cccnc2S[C@@H](c2ccccc2)[C@@H]2CNCCO2)cc1. The third-order valence-electron chi connectivity index (χ3n) is 4.59. The first-order valence-corrected chi connectivity index (χ1v) is 10.3. The van der Waals surface area contributed by atoms with Crippen molar-refractivity contribution in [2.75, 3.05) is 19.7 Å². The Kier molecular flexibility index (Phi) is 6.10. The van der Waals surface area contributed by atoms with Gasteiger partial charge in [0.1, 0.15) is 5.03 Å². The maximum absolute atomic E-state index is 6.10. The van der Waals surface area contributed by atoms with Crippen LogP contribution < -0.4 is 5.32 Å². The van der Waals surface area contributed by atoms with Gasteiger partial charge in [-0.1, -0.05) is 71.9 Å². The Morgan fingerprint density at radius 2 is 1.85 bits per heavy atom. The van der Waals surface area contributed by atoms with E-state index in [-0.39, 0.29) is 11.4 Å². The average Bonchev–Trinajstić information content (AvgIpc) is 2.74. The highest BCUT2D eigenvalue weighted by Gasteiger charge is 2.28. The van der Waals surface area contributed by atoms with Crippen LogP contribution in [-0.4, -0.2) is 30.8 Å². The van der Waals surface area contributed by atoms with Crippen LogP contribution in [-0.2, 0) is 4.74 Å². The van der Waals surface area contributed by atoms with E-state index in [4.69, 9.17) is 21.3 Å². The van der Waals surface area contributed by atoms with Crippen molar-refractivity contribution in [3.63, 3.8) is 0 Å². The minimum Gasteiger partial charge on any atom is -0.374 e. The summed E-state index contributed by atoms with van der Waals surface area (Å²) >= 11 is 7.83. The molecule has 2 heterocycles. The number of hydrogen-bond donors (Lipinski definition) is 1. The van der Waals surface area contributed by atoms with Crippen LogP contribution in [0.1, 0.15) is 10.8 Å². The maximum Gasteiger partial charge on any atom is 0.104 e. The van der Waals surface area contributed by atoms with Crippen LogP contribution in [0.5, 0.6) is 0 Å². The predicted molar refractivity (Wildman–Crippen MR) is 112 cm³/mol. The third-order valence-corrected chi connectivity index (χ3v) is 6.22. The quantitative estimate of drug-likeness (QED) is 0.599. The van der Waals surface area contributed by atoms with E-state index < -0.39 is 0 Å². The van der Waals surface area contributed by atoms with Crippen LogP contribution in [0.3, 0.4) is 0 Å². The van der Waals surface area contributed by atoms with E-state index in [1.54, 1.807) is 11.8 Å². The summed E-state index contributed by atoms with van der Waals surface area (Å²) in [6.07, 6.45) is 1.95. The molecule has 0 saturated carbocycles. The van der Waals surface area contributed by atoms with Gasteiger partial charge in [-0.25, -0.2) is 4.98 Å². The lowest BCUT2D eigenvalue weighted by molar-refractivity contribution is 0.0273. The molecule has 0 spiro atoms. The smallest absolute Gasteiger partial charge is 0.104 e. The molecule has 0 unspecified atom stereocenters.